The lowest BCUT2D eigenvalue weighted by atomic mass is 9.96. The highest BCUT2D eigenvalue weighted by atomic mass is 16.1. The van der Waals surface area contributed by atoms with Crippen LogP contribution in [0, 0.1) is 5.41 Å². The average molecular weight is 515 g/mol. The van der Waals surface area contributed by atoms with Crippen molar-refractivity contribution < 1.29 is 4.79 Å². The molecule has 2 aromatic heterocycles. The molecule has 0 fully saturated rings. The molecule has 2 heterocycles. The number of carbonyl (C=O) groups excluding carboxylic acids is 1. The largest absolute Gasteiger partial charge is 0.384 e. The topological polar surface area (TPSA) is 72.9 Å². The molecule has 0 atom stereocenters. The van der Waals surface area contributed by atoms with Gasteiger partial charge in [0.05, 0.1) is 16.6 Å². The van der Waals surface area contributed by atoms with Crippen molar-refractivity contribution in [3.63, 3.8) is 0 Å². The molecule has 5 nitrogen and oxygen atoms in total. The van der Waals surface area contributed by atoms with Gasteiger partial charge in [-0.1, -0.05) is 69.3 Å². The molecule has 5 heteroatoms. The predicted octanol–water partition coefficient (Wildman–Crippen LogP) is 7.84. The molecule has 0 saturated carbocycles. The predicted molar refractivity (Wildman–Crippen MR) is 165 cm³/mol. The molecule has 196 valence electrons. The number of aldehydes is 1. The number of anilines is 1. The first-order chi connectivity index (χ1) is 18.9. The number of hydrogen-bond donors (Lipinski definition) is 2. The number of nitrogens with two attached hydrogens (primary N) is 1. The summed E-state index contributed by atoms with van der Waals surface area (Å²) in [6.07, 6.45) is 2.89. The molecule has 6 aromatic rings. The molecule has 0 radical (unpaired) electrons. The zero-order valence-corrected chi connectivity index (χ0v) is 22.9. The second-order valence-electron chi connectivity index (χ2n) is 10.8. The van der Waals surface area contributed by atoms with Gasteiger partial charge in [0.15, 0.2) is 6.29 Å². The molecule has 0 bridgehead atoms. The van der Waals surface area contributed by atoms with Crippen molar-refractivity contribution >= 4 is 44.7 Å². The van der Waals surface area contributed by atoms with Crippen molar-refractivity contribution in [1.82, 2.24) is 9.55 Å². The summed E-state index contributed by atoms with van der Waals surface area (Å²) in [5, 5.41) is 7.01. The molecule has 0 aliphatic rings. The fraction of sp³-hybridized carbons (Fsp3) is 0.176. The lowest BCUT2D eigenvalue weighted by Gasteiger charge is -2.21. The normalized spacial score (nSPS) is 11.4. The van der Waals surface area contributed by atoms with Gasteiger partial charge in [0, 0.05) is 51.4 Å². The smallest absolute Gasteiger partial charge is 0.152 e. The van der Waals surface area contributed by atoms with Gasteiger partial charge < -0.3 is 15.6 Å². The quantitative estimate of drug-likeness (QED) is 0.230. The fourth-order valence-corrected chi connectivity index (χ4v) is 5.06. The maximum absolute atomic E-state index is 11.8. The number of nitrogens with zero attached hydrogens (tertiary/aromatic N) is 2. The number of rotatable bonds is 5. The molecule has 3 N–H and O–H groups in total. The summed E-state index contributed by atoms with van der Waals surface area (Å²) >= 11 is 0. The first kappa shape index (κ1) is 26.1. The highest BCUT2D eigenvalue weighted by Gasteiger charge is 2.18. The molecule has 39 heavy (non-hydrogen) atoms. The molecule has 0 aliphatic carbocycles. The summed E-state index contributed by atoms with van der Waals surface area (Å²) in [6, 6.07) is 31.4. The lowest BCUT2D eigenvalue weighted by Crippen LogP contribution is -2.19. The second kappa shape index (κ2) is 10.7. The number of para-hydroxylation sites is 2. The minimum Gasteiger partial charge on any atom is -0.384 e. The van der Waals surface area contributed by atoms with Crippen LogP contribution in [0.3, 0.4) is 0 Å². The molecular weight excluding hydrogens is 480 g/mol. The maximum Gasteiger partial charge on any atom is 0.152 e. The van der Waals surface area contributed by atoms with Gasteiger partial charge in [0.25, 0.3) is 0 Å². The van der Waals surface area contributed by atoms with E-state index in [1.807, 2.05) is 30.5 Å². The van der Waals surface area contributed by atoms with Crippen molar-refractivity contribution in [2.24, 2.45) is 11.1 Å². The maximum atomic E-state index is 11.8. The third-order valence-electron chi connectivity index (χ3n) is 6.83. The van der Waals surface area contributed by atoms with E-state index in [1.165, 1.54) is 17.8 Å². The minimum atomic E-state index is 0.0891. The van der Waals surface area contributed by atoms with Crippen LogP contribution in [0.2, 0.25) is 0 Å². The first-order valence-corrected chi connectivity index (χ1v) is 13.2. The van der Waals surface area contributed by atoms with E-state index >= 15 is 0 Å². The van der Waals surface area contributed by atoms with E-state index in [9.17, 15) is 4.79 Å². The molecule has 0 aliphatic heterocycles. The minimum absolute atomic E-state index is 0.0891. The summed E-state index contributed by atoms with van der Waals surface area (Å²) in [6.45, 7) is 7.31. The Labute approximate surface area is 229 Å². The Kier molecular flexibility index (Phi) is 7.18. The lowest BCUT2D eigenvalue weighted by molar-refractivity contribution is 0.112. The van der Waals surface area contributed by atoms with E-state index in [2.05, 4.69) is 103 Å². The Hall–Kier alpha value is -4.48. The van der Waals surface area contributed by atoms with Gasteiger partial charge >= 0.3 is 0 Å². The van der Waals surface area contributed by atoms with Gasteiger partial charge in [0.2, 0.25) is 0 Å². The SMILES string of the molecule is CC(C)(C)CNc1cc(-n2c3ccccc3c3c(-c4cnc5ccccc5c4)cccc32)ccc1C=O.CN. The number of fused-ring (bicyclic) bond motifs is 4. The van der Waals surface area contributed by atoms with Crippen LogP contribution in [0.4, 0.5) is 5.69 Å². The highest BCUT2D eigenvalue weighted by molar-refractivity contribution is 6.16. The number of benzene rings is 4. The number of nitrogens with one attached hydrogen (secondary N) is 1. The van der Waals surface area contributed by atoms with Crippen molar-refractivity contribution in [1.29, 1.82) is 0 Å². The number of carbonyl (C=O) groups is 1. The van der Waals surface area contributed by atoms with Crippen molar-refractivity contribution in [3.8, 4) is 16.8 Å². The first-order valence-electron chi connectivity index (χ1n) is 13.2. The van der Waals surface area contributed by atoms with Gasteiger partial charge in [-0.3, -0.25) is 9.78 Å². The van der Waals surface area contributed by atoms with Crippen LogP contribution < -0.4 is 11.1 Å². The van der Waals surface area contributed by atoms with Gasteiger partial charge in [0.1, 0.15) is 0 Å². The monoisotopic (exact) mass is 514 g/mol. The fourth-order valence-electron chi connectivity index (χ4n) is 5.06. The van der Waals surface area contributed by atoms with Gasteiger partial charge in [-0.15, -0.1) is 0 Å². The molecule has 0 saturated heterocycles. The van der Waals surface area contributed by atoms with E-state index in [-0.39, 0.29) is 5.41 Å². The van der Waals surface area contributed by atoms with E-state index < -0.39 is 0 Å². The second-order valence-corrected chi connectivity index (χ2v) is 10.8. The third-order valence-corrected chi connectivity index (χ3v) is 6.83. The van der Waals surface area contributed by atoms with Crippen LogP contribution in [-0.2, 0) is 0 Å². The Morgan fingerprint density at radius 1 is 0.872 bits per heavy atom. The van der Waals surface area contributed by atoms with Crippen molar-refractivity contribution in [3.05, 3.63) is 103 Å². The average Bonchev–Trinajstić information content (AvgIpc) is 3.31. The summed E-state index contributed by atoms with van der Waals surface area (Å²) < 4.78 is 2.29. The van der Waals surface area contributed by atoms with Gasteiger partial charge in [-0.25, -0.2) is 0 Å². The van der Waals surface area contributed by atoms with Crippen molar-refractivity contribution in [2.45, 2.75) is 20.8 Å². The zero-order chi connectivity index (χ0) is 27.6. The summed E-state index contributed by atoms with van der Waals surface area (Å²) in [5.74, 6) is 0. The zero-order valence-electron chi connectivity index (χ0n) is 22.9. The Balaban J connectivity index is 0.00000151. The Morgan fingerprint density at radius 3 is 2.41 bits per heavy atom. The van der Waals surface area contributed by atoms with Crippen LogP contribution in [0.15, 0.2) is 97.2 Å². The summed E-state index contributed by atoms with van der Waals surface area (Å²) in [4.78, 5) is 16.5. The third kappa shape index (κ3) is 5.01. The molecule has 0 unspecified atom stereocenters. The Bertz CT molecular complexity index is 1790. The van der Waals surface area contributed by atoms with Gasteiger partial charge in [-0.2, -0.15) is 0 Å². The van der Waals surface area contributed by atoms with Crippen LogP contribution in [0.1, 0.15) is 31.1 Å². The molecular formula is C34H34N4O. The van der Waals surface area contributed by atoms with E-state index in [0.29, 0.717) is 5.56 Å². The Morgan fingerprint density at radius 2 is 1.62 bits per heavy atom. The van der Waals surface area contributed by atoms with Crippen molar-refractivity contribution in [2.75, 3.05) is 18.9 Å². The van der Waals surface area contributed by atoms with E-state index in [4.69, 9.17) is 4.98 Å². The molecule has 6 rings (SSSR count). The standard InChI is InChI=1S/C33H29N3O.CH5N/c1-33(2,3)21-35-29-18-25(16-15-23(29)20-37)36-30-13-7-5-10-27(30)32-26(11-8-14-31(32)36)24-17-22-9-4-6-12-28(22)34-19-24;1-2/h4-20,35H,21H2,1-3H3;2H2,1H3. The van der Waals surface area contributed by atoms with Crippen LogP contribution in [0.5, 0.6) is 0 Å². The number of hydrogen-bond acceptors (Lipinski definition) is 4. The van der Waals surface area contributed by atoms with Crippen LogP contribution in [-0.4, -0.2) is 29.4 Å². The van der Waals surface area contributed by atoms with Gasteiger partial charge in [-0.05, 0) is 60.5 Å². The van der Waals surface area contributed by atoms with E-state index in [1.54, 1.807) is 0 Å². The molecule has 0 amide bonds. The molecule has 0 spiro atoms. The number of pyridine rings is 1. The number of aromatic nitrogens is 2. The summed E-state index contributed by atoms with van der Waals surface area (Å²) in [7, 11) is 1.50. The van der Waals surface area contributed by atoms with Crippen LogP contribution in [0.25, 0.3) is 49.5 Å². The van der Waals surface area contributed by atoms with E-state index in [0.717, 1.165) is 57.3 Å². The highest BCUT2D eigenvalue weighted by Crippen LogP contribution is 2.39. The summed E-state index contributed by atoms with van der Waals surface area (Å²) in [5.41, 5.74) is 12.6. The van der Waals surface area contributed by atoms with Crippen LogP contribution >= 0.6 is 0 Å². The molecule has 4 aromatic carbocycles.